The van der Waals surface area contributed by atoms with Crippen LogP contribution in [0.5, 0.6) is 0 Å². The van der Waals surface area contributed by atoms with E-state index in [1.54, 1.807) is 24.3 Å². The number of aliphatic carboxylic acids is 1. The van der Waals surface area contributed by atoms with Crippen LogP contribution in [0.3, 0.4) is 0 Å². The van der Waals surface area contributed by atoms with Gasteiger partial charge in [0.1, 0.15) is 0 Å². The van der Waals surface area contributed by atoms with Gasteiger partial charge >= 0.3 is 5.97 Å². The van der Waals surface area contributed by atoms with Gasteiger partial charge in [-0.3, -0.25) is 9.52 Å². The summed E-state index contributed by atoms with van der Waals surface area (Å²) in [5.41, 5.74) is 1.46. The van der Waals surface area contributed by atoms with Crippen LogP contribution >= 0.6 is 0 Å². The van der Waals surface area contributed by atoms with Crippen LogP contribution in [0, 0.1) is 5.92 Å². The molecule has 0 bridgehead atoms. The molecule has 0 saturated heterocycles. The Morgan fingerprint density at radius 2 is 1.95 bits per heavy atom. The van der Waals surface area contributed by atoms with E-state index in [4.69, 9.17) is 5.11 Å². The molecule has 0 heterocycles. The molecule has 2 rings (SSSR count). The molecule has 2 N–H and O–H groups in total. The topological polar surface area (TPSA) is 83.5 Å². The van der Waals surface area contributed by atoms with Crippen LogP contribution in [0.2, 0.25) is 0 Å². The third kappa shape index (κ3) is 4.24. The van der Waals surface area contributed by atoms with Gasteiger partial charge in [0.05, 0.1) is 12.7 Å². The van der Waals surface area contributed by atoms with Crippen LogP contribution in [0.4, 0.5) is 5.69 Å². The number of carboxylic acid groups (broad SMARTS) is 1. The highest BCUT2D eigenvalue weighted by atomic mass is 32.2. The standard InChI is InChI=1S/C13H17NO4S/c1-19(17,18)14-11-6-4-10(5-7-11)12(8-13(15)16)9-2-3-9/h4-7,9,12,14H,2-3,8H2,1H3,(H,15,16). The van der Waals surface area contributed by atoms with Crippen molar-refractivity contribution in [2.24, 2.45) is 5.92 Å². The first kappa shape index (κ1) is 13.9. The maximum Gasteiger partial charge on any atom is 0.303 e. The van der Waals surface area contributed by atoms with Crippen molar-refractivity contribution in [2.45, 2.75) is 25.2 Å². The van der Waals surface area contributed by atoms with E-state index < -0.39 is 16.0 Å². The quantitative estimate of drug-likeness (QED) is 0.836. The minimum Gasteiger partial charge on any atom is -0.481 e. The molecule has 0 aliphatic heterocycles. The van der Waals surface area contributed by atoms with Crippen LogP contribution in [0.25, 0.3) is 0 Å². The van der Waals surface area contributed by atoms with E-state index in [-0.39, 0.29) is 12.3 Å². The third-order valence-corrected chi connectivity index (χ3v) is 3.83. The Morgan fingerprint density at radius 1 is 1.37 bits per heavy atom. The van der Waals surface area contributed by atoms with Crippen molar-refractivity contribution in [3.8, 4) is 0 Å². The smallest absolute Gasteiger partial charge is 0.303 e. The zero-order valence-corrected chi connectivity index (χ0v) is 11.5. The van der Waals surface area contributed by atoms with Gasteiger partial charge in [0.25, 0.3) is 0 Å². The maximum atomic E-state index is 11.1. The van der Waals surface area contributed by atoms with Gasteiger partial charge < -0.3 is 5.11 Å². The lowest BCUT2D eigenvalue weighted by atomic mass is 9.91. The van der Waals surface area contributed by atoms with Crippen molar-refractivity contribution < 1.29 is 18.3 Å². The van der Waals surface area contributed by atoms with Gasteiger partial charge in [-0.05, 0) is 42.4 Å². The number of benzene rings is 1. The predicted octanol–water partition coefficient (Wildman–Crippen LogP) is 2.03. The second kappa shape index (κ2) is 5.21. The third-order valence-electron chi connectivity index (χ3n) is 3.23. The molecule has 0 amide bonds. The lowest BCUT2D eigenvalue weighted by molar-refractivity contribution is -0.137. The highest BCUT2D eigenvalue weighted by molar-refractivity contribution is 7.92. The van der Waals surface area contributed by atoms with Crippen molar-refractivity contribution in [1.29, 1.82) is 0 Å². The van der Waals surface area contributed by atoms with Crippen LogP contribution in [0.15, 0.2) is 24.3 Å². The number of carboxylic acids is 1. The fourth-order valence-corrected chi connectivity index (χ4v) is 2.82. The summed E-state index contributed by atoms with van der Waals surface area (Å²) >= 11 is 0. The van der Waals surface area contributed by atoms with Crippen molar-refractivity contribution >= 4 is 21.7 Å². The zero-order valence-electron chi connectivity index (χ0n) is 10.7. The molecular weight excluding hydrogens is 266 g/mol. The van der Waals surface area contributed by atoms with Crippen molar-refractivity contribution in [3.63, 3.8) is 0 Å². The molecule has 1 fully saturated rings. The summed E-state index contributed by atoms with van der Waals surface area (Å²) in [5, 5.41) is 8.94. The summed E-state index contributed by atoms with van der Waals surface area (Å²) in [6, 6.07) is 6.96. The fraction of sp³-hybridized carbons (Fsp3) is 0.462. The van der Waals surface area contributed by atoms with Crippen molar-refractivity contribution in [3.05, 3.63) is 29.8 Å². The Kier molecular flexibility index (Phi) is 3.80. The first-order chi connectivity index (χ1) is 8.85. The summed E-state index contributed by atoms with van der Waals surface area (Å²) in [5.74, 6) is -0.315. The summed E-state index contributed by atoms with van der Waals surface area (Å²) in [6.07, 6.45) is 3.37. The molecule has 0 aromatic heterocycles. The van der Waals surface area contributed by atoms with Gasteiger partial charge in [0.15, 0.2) is 0 Å². The Morgan fingerprint density at radius 3 is 2.37 bits per heavy atom. The maximum absolute atomic E-state index is 11.1. The van der Waals surface area contributed by atoms with E-state index in [2.05, 4.69) is 4.72 Å². The average molecular weight is 283 g/mol. The average Bonchev–Trinajstić information content (AvgIpc) is 3.08. The molecule has 1 aromatic rings. The minimum atomic E-state index is -3.28. The first-order valence-electron chi connectivity index (χ1n) is 6.15. The SMILES string of the molecule is CS(=O)(=O)Nc1ccc(C(CC(=O)O)C2CC2)cc1. The summed E-state index contributed by atoms with van der Waals surface area (Å²) < 4.78 is 24.6. The first-order valence-corrected chi connectivity index (χ1v) is 8.04. The number of carbonyl (C=O) groups is 1. The number of nitrogens with one attached hydrogen (secondary N) is 1. The number of hydrogen-bond donors (Lipinski definition) is 2. The molecule has 1 aromatic carbocycles. The Bertz CT molecular complexity index is 561. The highest BCUT2D eigenvalue weighted by Crippen LogP contribution is 2.44. The van der Waals surface area contributed by atoms with E-state index >= 15 is 0 Å². The lowest BCUT2D eigenvalue weighted by Gasteiger charge is -2.15. The van der Waals surface area contributed by atoms with Crippen LogP contribution in [0.1, 0.15) is 30.7 Å². The van der Waals surface area contributed by atoms with E-state index in [0.717, 1.165) is 24.7 Å². The molecule has 19 heavy (non-hydrogen) atoms. The lowest BCUT2D eigenvalue weighted by Crippen LogP contribution is -2.10. The molecule has 1 aliphatic carbocycles. The largest absolute Gasteiger partial charge is 0.481 e. The summed E-state index contributed by atoms with van der Waals surface area (Å²) in [7, 11) is -3.28. The minimum absolute atomic E-state index is 0.0322. The zero-order chi connectivity index (χ0) is 14.0. The number of anilines is 1. The number of sulfonamides is 1. The number of hydrogen-bond acceptors (Lipinski definition) is 3. The molecule has 5 nitrogen and oxygen atoms in total. The van der Waals surface area contributed by atoms with Gasteiger partial charge in [0, 0.05) is 5.69 Å². The Balaban J connectivity index is 2.13. The molecule has 1 atom stereocenters. The highest BCUT2D eigenvalue weighted by Gasteiger charge is 2.33. The van der Waals surface area contributed by atoms with Crippen molar-refractivity contribution in [1.82, 2.24) is 0 Å². The van der Waals surface area contributed by atoms with Gasteiger partial charge in [-0.25, -0.2) is 8.42 Å². The van der Waals surface area contributed by atoms with Crippen LogP contribution in [-0.4, -0.2) is 25.7 Å². The fourth-order valence-electron chi connectivity index (χ4n) is 2.26. The molecule has 0 radical (unpaired) electrons. The van der Waals surface area contributed by atoms with Gasteiger partial charge in [-0.1, -0.05) is 12.1 Å². The normalized spacial score (nSPS) is 16.9. The number of rotatable bonds is 6. The van der Waals surface area contributed by atoms with E-state index in [9.17, 15) is 13.2 Å². The molecule has 0 spiro atoms. The van der Waals surface area contributed by atoms with Gasteiger partial charge in [0.2, 0.25) is 10.0 Å². The molecule has 6 heteroatoms. The van der Waals surface area contributed by atoms with Crippen LogP contribution in [-0.2, 0) is 14.8 Å². The Labute approximate surface area is 112 Å². The Hall–Kier alpha value is -1.56. The van der Waals surface area contributed by atoms with E-state index in [1.165, 1.54) is 0 Å². The second-order valence-electron chi connectivity index (χ2n) is 5.04. The molecule has 1 unspecified atom stereocenters. The summed E-state index contributed by atoms with van der Waals surface area (Å²) in [6.45, 7) is 0. The van der Waals surface area contributed by atoms with E-state index in [1.807, 2.05) is 0 Å². The van der Waals surface area contributed by atoms with E-state index in [0.29, 0.717) is 11.6 Å². The van der Waals surface area contributed by atoms with Gasteiger partial charge in [-0.15, -0.1) is 0 Å². The van der Waals surface area contributed by atoms with Crippen molar-refractivity contribution in [2.75, 3.05) is 11.0 Å². The predicted molar refractivity (Wildman–Crippen MR) is 72.6 cm³/mol. The monoisotopic (exact) mass is 283 g/mol. The second-order valence-corrected chi connectivity index (χ2v) is 6.79. The van der Waals surface area contributed by atoms with Crippen LogP contribution < -0.4 is 4.72 Å². The molecule has 1 saturated carbocycles. The molecule has 104 valence electrons. The molecule has 1 aliphatic rings. The summed E-state index contributed by atoms with van der Waals surface area (Å²) in [4.78, 5) is 10.9. The van der Waals surface area contributed by atoms with Gasteiger partial charge in [-0.2, -0.15) is 0 Å². The molecular formula is C13H17NO4S.